The zero-order valence-corrected chi connectivity index (χ0v) is 9.76. The normalized spacial score (nSPS) is 9.95. The molecule has 0 unspecified atom stereocenters. The third kappa shape index (κ3) is 4.34. The summed E-state index contributed by atoms with van der Waals surface area (Å²) in [5.74, 6) is -2.69. The van der Waals surface area contributed by atoms with Gasteiger partial charge in [-0.05, 0) is 12.5 Å². The Labute approximate surface area is 107 Å². The van der Waals surface area contributed by atoms with E-state index >= 15 is 0 Å². The number of non-ortho nitro benzene ring substituents is 1. The van der Waals surface area contributed by atoms with E-state index < -0.39 is 33.9 Å². The molecule has 2 N–H and O–H groups in total. The van der Waals surface area contributed by atoms with Gasteiger partial charge in [0.1, 0.15) is 5.82 Å². The fourth-order valence-electron chi connectivity index (χ4n) is 1.34. The molecule has 1 aromatic carbocycles. The van der Waals surface area contributed by atoms with E-state index in [4.69, 9.17) is 5.11 Å². The Hall–Kier alpha value is -2.51. The average Bonchev–Trinajstić information content (AvgIpc) is 2.34. The molecule has 0 heterocycles. The first kappa shape index (κ1) is 14.6. The Morgan fingerprint density at radius 2 is 2.11 bits per heavy atom. The number of carboxylic acid groups (broad SMARTS) is 1. The molecule has 1 amide bonds. The molecular weight excluding hydrogens is 259 g/mol. The first-order chi connectivity index (χ1) is 8.91. The summed E-state index contributed by atoms with van der Waals surface area (Å²) in [5, 5.41) is 21.2. The van der Waals surface area contributed by atoms with Crippen LogP contribution in [0.3, 0.4) is 0 Å². The van der Waals surface area contributed by atoms with Gasteiger partial charge in [-0.1, -0.05) is 0 Å². The number of nitro benzene ring substituents is 1. The van der Waals surface area contributed by atoms with Crippen LogP contribution < -0.4 is 5.32 Å². The van der Waals surface area contributed by atoms with E-state index in [0.29, 0.717) is 0 Å². The van der Waals surface area contributed by atoms with Crippen LogP contribution >= 0.6 is 0 Å². The third-order valence-electron chi connectivity index (χ3n) is 2.26. The predicted octanol–water partition coefficient (Wildman–Crippen LogP) is 1.33. The van der Waals surface area contributed by atoms with Gasteiger partial charge in [0.25, 0.3) is 11.6 Å². The summed E-state index contributed by atoms with van der Waals surface area (Å²) in [7, 11) is 0. The molecule has 0 saturated heterocycles. The number of hydrogen-bond acceptors (Lipinski definition) is 4. The number of carbonyl (C=O) groups is 2. The maximum Gasteiger partial charge on any atom is 0.303 e. The second-order valence-electron chi connectivity index (χ2n) is 3.67. The molecular formula is C11H11FN2O5. The second kappa shape index (κ2) is 6.43. The van der Waals surface area contributed by atoms with Gasteiger partial charge in [-0.3, -0.25) is 19.7 Å². The number of nitro groups is 1. The van der Waals surface area contributed by atoms with Crippen molar-refractivity contribution in [3.8, 4) is 0 Å². The van der Waals surface area contributed by atoms with Crippen molar-refractivity contribution in [3.63, 3.8) is 0 Å². The van der Waals surface area contributed by atoms with Crippen LogP contribution in [0, 0.1) is 15.9 Å². The smallest absolute Gasteiger partial charge is 0.303 e. The molecule has 0 aromatic heterocycles. The number of carboxylic acids is 1. The largest absolute Gasteiger partial charge is 0.481 e. The highest BCUT2D eigenvalue weighted by molar-refractivity contribution is 5.95. The van der Waals surface area contributed by atoms with Crippen LogP contribution in [-0.2, 0) is 4.79 Å². The summed E-state index contributed by atoms with van der Waals surface area (Å²) in [6.45, 7) is 0.0489. The van der Waals surface area contributed by atoms with Crippen molar-refractivity contribution in [2.75, 3.05) is 6.54 Å². The highest BCUT2D eigenvalue weighted by Gasteiger charge is 2.16. The van der Waals surface area contributed by atoms with Crippen LogP contribution in [0.1, 0.15) is 23.2 Å². The Bertz CT molecular complexity index is 518. The maximum atomic E-state index is 13.3. The van der Waals surface area contributed by atoms with Gasteiger partial charge in [-0.15, -0.1) is 0 Å². The van der Waals surface area contributed by atoms with Crippen molar-refractivity contribution in [3.05, 3.63) is 39.7 Å². The quantitative estimate of drug-likeness (QED) is 0.460. The van der Waals surface area contributed by atoms with Gasteiger partial charge in [0.15, 0.2) is 0 Å². The van der Waals surface area contributed by atoms with E-state index in [-0.39, 0.29) is 19.4 Å². The van der Waals surface area contributed by atoms with E-state index in [1.165, 1.54) is 0 Å². The number of hydrogen-bond donors (Lipinski definition) is 2. The number of rotatable bonds is 6. The lowest BCUT2D eigenvalue weighted by Crippen LogP contribution is -2.25. The van der Waals surface area contributed by atoms with E-state index in [9.17, 15) is 24.1 Å². The Morgan fingerprint density at radius 1 is 1.42 bits per heavy atom. The first-order valence-corrected chi connectivity index (χ1v) is 5.35. The number of halogens is 1. The molecule has 0 bridgehead atoms. The van der Waals surface area contributed by atoms with Crippen LogP contribution in [0.2, 0.25) is 0 Å². The topological polar surface area (TPSA) is 110 Å². The van der Waals surface area contributed by atoms with E-state index in [0.717, 1.165) is 18.2 Å². The summed E-state index contributed by atoms with van der Waals surface area (Å²) in [6.07, 6.45) is 0.0648. The van der Waals surface area contributed by atoms with E-state index in [2.05, 4.69) is 5.32 Å². The van der Waals surface area contributed by atoms with Crippen LogP contribution in [-0.4, -0.2) is 28.5 Å². The van der Waals surface area contributed by atoms with Crippen LogP contribution in [0.15, 0.2) is 18.2 Å². The molecule has 0 aliphatic heterocycles. The fraction of sp³-hybridized carbons (Fsp3) is 0.273. The molecule has 0 radical (unpaired) electrons. The Morgan fingerprint density at radius 3 is 2.68 bits per heavy atom. The summed E-state index contributed by atoms with van der Waals surface area (Å²) in [6, 6.07) is 2.63. The number of benzene rings is 1. The minimum atomic E-state index is -1.00. The second-order valence-corrected chi connectivity index (χ2v) is 3.67. The Kier molecular flexibility index (Phi) is 4.92. The highest BCUT2D eigenvalue weighted by atomic mass is 19.1. The lowest BCUT2D eigenvalue weighted by Gasteiger charge is -2.05. The van der Waals surface area contributed by atoms with Crippen LogP contribution in [0.5, 0.6) is 0 Å². The minimum absolute atomic E-state index is 0.0489. The highest BCUT2D eigenvalue weighted by Crippen LogP contribution is 2.16. The van der Waals surface area contributed by atoms with Gasteiger partial charge >= 0.3 is 5.97 Å². The fourth-order valence-corrected chi connectivity index (χ4v) is 1.34. The maximum absolute atomic E-state index is 13.3. The van der Waals surface area contributed by atoms with Gasteiger partial charge in [0, 0.05) is 25.1 Å². The molecule has 0 spiro atoms. The average molecular weight is 270 g/mol. The number of aliphatic carboxylic acids is 1. The molecule has 0 atom stereocenters. The van der Waals surface area contributed by atoms with E-state index in [1.54, 1.807) is 0 Å². The third-order valence-corrected chi connectivity index (χ3v) is 2.26. The predicted molar refractivity (Wildman–Crippen MR) is 62.3 cm³/mol. The van der Waals surface area contributed by atoms with Crippen molar-refractivity contribution < 1.29 is 24.0 Å². The van der Waals surface area contributed by atoms with Crippen molar-refractivity contribution in [1.29, 1.82) is 0 Å². The number of nitrogens with one attached hydrogen (secondary N) is 1. The minimum Gasteiger partial charge on any atom is -0.481 e. The van der Waals surface area contributed by atoms with Crippen molar-refractivity contribution in [2.24, 2.45) is 0 Å². The standard InChI is InChI=1S/C11H11FN2O5/c12-9-4-3-7(14(18)19)6-8(9)11(17)13-5-1-2-10(15)16/h3-4,6H,1-2,5H2,(H,13,17)(H,15,16). The van der Waals surface area contributed by atoms with Gasteiger partial charge in [-0.2, -0.15) is 0 Å². The van der Waals surface area contributed by atoms with Gasteiger partial charge in [0.2, 0.25) is 0 Å². The van der Waals surface area contributed by atoms with Crippen molar-refractivity contribution in [2.45, 2.75) is 12.8 Å². The molecule has 0 fully saturated rings. The molecule has 1 rings (SSSR count). The first-order valence-electron chi connectivity index (χ1n) is 5.35. The monoisotopic (exact) mass is 270 g/mol. The zero-order valence-electron chi connectivity index (χ0n) is 9.76. The summed E-state index contributed by atoms with van der Waals surface area (Å²) in [4.78, 5) is 31.6. The molecule has 8 heteroatoms. The van der Waals surface area contributed by atoms with Crippen molar-refractivity contribution in [1.82, 2.24) is 5.32 Å². The lowest BCUT2D eigenvalue weighted by molar-refractivity contribution is -0.384. The SMILES string of the molecule is O=C(O)CCCNC(=O)c1cc([N+](=O)[O-])ccc1F. The molecule has 1 aromatic rings. The van der Waals surface area contributed by atoms with Gasteiger partial charge < -0.3 is 10.4 Å². The molecule has 0 saturated carbocycles. The van der Waals surface area contributed by atoms with Gasteiger partial charge in [-0.25, -0.2) is 4.39 Å². The number of amides is 1. The summed E-state index contributed by atoms with van der Waals surface area (Å²) >= 11 is 0. The molecule has 7 nitrogen and oxygen atoms in total. The number of carbonyl (C=O) groups excluding carboxylic acids is 1. The van der Waals surface area contributed by atoms with Crippen molar-refractivity contribution >= 4 is 17.6 Å². The van der Waals surface area contributed by atoms with Gasteiger partial charge in [0.05, 0.1) is 10.5 Å². The van der Waals surface area contributed by atoms with Crippen LogP contribution in [0.25, 0.3) is 0 Å². The Balaban J connectivity index is 2.68. The lowest BCUT2D eigenvalue weighted by atomic mass is 10.1. The summed E-state index contributed by atoms with van der Waals surface area (Å²) < 4.78 is 13.3. The molecule has 19 heavy (non-hydrogen) atoms. The zero-order chi connectivity index (χ0) is 14.4. The molecule has 0 aliphatic rings. The molecule has 102 valence electrons. The number of nitrogens with zero attached hydrogens (tertiary/aromatic N) is 1. The molecule has 0 aliphatic carbocycles. The summed E-state index contributed by atoms with van der Waals surface area (Å²) in [5.41, 5.74) is -0.832. The van der Waals surface area contributed by atoms with E-state index in [1.807, 2.05) is 0 Å². The van der Waals surface area contributed by atoms with Crippen LogP contribution in [0.4, 0.5) is 10.1 Å².